The van der Waals surface area contributed by atoms with Gasteiger partial charge in [-0.15, -0.1) is 0 Å². The van der Waals surface area contributed by atoms with Crippen LogP contribution in [0.4, 0.5) is 9.59 Å². The number of carbonyl (C=O) groups is 2. The van der Waals surface area contributed by atoms with Crippen molar-refractivity contribution in [1.82, 2.24) is 4.90 Å². The average Bonchev–Trinajstić information content (AvgIpc) is 3.17. The van der Waals surface area contributed by atoms with Gasteiger partial charge in [-0.1, -0.05) is 6.07 Å². The highest BCUT2D eigenvalue weighted by Crippen LogP contribution is 2.33. The molecule has 9 heteroatoms. The van der Waals surface area contributed by atoms with E-state index in [-0.39, 0.29) is 18.9 Å². The fraction of sp³-hybridized carbons (Fsp3) is 0.600. The van der Waals surface area contributed by atoms with Gasteiger partial charge in [0.05, 0.1) is 13.2 Å². The maximum atomic E-state index is 12.4. The lowest BCUT2D eigenvalue weighted by Crippen LogP contribution is -2.40. The van der Waals surface area contributed by atoms with Gasteiger partial charge in [0.1, 0.15) is 6.10 Å². The summed E-state index contributed by atoms with van der Waals surface area (Å²) in [7, 11) is 0. The predicted molar refractivity (Wildman–Crippen MR) is 101 cm³/mol. The maximum absolute atomic E-state index is 12.4. The van der Waals surface area contributed by atoms with Crippen molar-refractivity contribution in [1.29, 1.82) is 0 Å². The monoisotopic (exact) mass is 409 g/mol. The second-order valence-electron chi connectivity index (χ2n) is 6.88. The zero-order valence-corrected chi connectivity index (χ0v) is 16.8. The number of amides is 1. The zero-order chi connectivity index (χ0) is 20.6. The van der Waals surface area contributed by atoms with E-state index in [1.807, 2.05) is 32.0 Å². The van der Waals surface area contributed by atoms with Gasteiger partial charge < -0.3 is 33.3 Å². The van der Waals surface area contributed by atoms with Gasteiger partial charge in [-0.05, 0) is 38.0 Å². The van der Waals surface area contributed by atoms with Gasteiger partial charge in [0.2, 0.25) is 13.6 Å². The van der Waals surface area contributed by atoms with Crippen molar-refractivity contribution >= 4 is 12.2 Å². The minimum atomic E-state index is -0.846. The van der Waals surface area contributed by atoms with Gasteiger partial charge in [0, 0.05) is 25.4 Å². The van der Waals surface area contributed by atoms with Gasteiger partial charge in [-0.25, -0.2) is 9.59 Å². The predicted octanol–water partition coefficient (Wildman–Crippen LogP) is 3.09. The van der Waals surface area contributed by atoms with Crippen molar-refractivity contribution in [2.45, 2.75) is 45.3 Å². The van der Waals surface area contributed by atoms with Crippen LogP contribution in [0.5, 0.6) is 11.5 Å². The summed E-state index contributed by atoms with van der Waals surface area (Å²) < 4.78 is 31.0. The molecule has 3 rings (SSSR count). The molecule has 2 aliphatic rings. The van der Waals surface area contributed by atoms with E-state index in [1.165, 1.54) is 0 Å². The zero-order valence-electron chi connectivity index (χ0n) is 16.8. The van der Waals surface area contributed by atoms with E-state index in [2.05, 4.69) is 0 Å². The van der Waals surface area contributed by atoms with Crippen LogP contribution in [0.25, 0.3) is 0 Å². The Kier molecular flexibility index (Phi) is 7.40. The minimum absolute atomic E-state index is 0.123. The largest absolute Gasteiger partial charge is 0.511 e. The average molecular weight is 409 g/mol. The molecule has 2 heterocycles. The highest BCUT2D eigenvalue weighted by atomic mass is 16.8. The number of fused-ring (bicyclic) bond motifs is 1. The van der Waals surface area contributed by atoms with Crippen LogP contribution in [0.2, 0.25) is 0 Å². The van der Waals surface area contributed by atoms with E-state index in [4.69, 9.17) is 28.4 Å². The Morgan fingerprint density at radius 1 is 1.17 bits per heavy atom. The van der Waals surface area contributed by atoms with Gasteiger partial charge >= 0.3 is 12.2 Å². The molecule has 1 atom stereocenters. The second-order valence-corrected chi connectivity index (χ2v) is 6.88. The van der Waals surface area contributed by atoms with Gasteiger partial charge in [0.25, 0.3) is 0 Å². The fourth-order valence-corrected chi connectivity index (χ4v) is 3.31. The first-order valence-electron chi connectivity index (χ1n) is 9.80. The molecule has 0 aromatic heterocycles. The number of hydrogen-bond acceptors (Lipinski definition) is 8. The lowest BCUT2D eigenvalue weighted by atomic mass is 10.1. The van der Waals surface area contributed by atoms with Crippen molar-refractivity contribution in [2.24, 2.45) is 0 Å². The van der Waals surface area contributed by atoms with E-state index >= 15 is 0 Å². The molecule has 1 saturated heterocycles. The maximum Gasteiger partial charge on any atom is 0.511 e. The molecule has 0 saturated carbocycles. The normalized spacial score (nSPS) is 16.8. The standard InChI is InChI=1S/C20H27NO8/c1-3-21(14(2)10-15-4-5-17-18(11-15)26-12-25-17)19(22)27-13-28-20(23)29-16-6-8-24-9-7-16/h4-5,11,14,16H,3,6-10,12-13H2,1-2H3. The first kappa shape index (κ1) is 21.0. The van der Waals surface area contributed by atoms with Crippen LogP contribution in [0, 0.1) is 0 Å². The topological polar surface area (TPSA) is 92.8 Å². The number of ether oxygens (including phenoxy) is 6. The molecule has 29 heavy (non-hydrogen) atoms. The number of benzene rings is 1. The van der Waals surface area contributed by atoms with Crippen LogP contribution in [-0.4, -0.2) is 62.6 Å². The Balaban J connectivity index is 1.42. The van der Waals surface area contributed by atoms with Crippen molar-refractivity contribution in [3.8, 4) is 11.5 Å². The number of nitrogens with zero attached hydrogens (tertiary/aromatic N) is 1. The molecular formula is C20H27NO8. The first-order chi connectivity index (χ1) is 14.1. The molecule has 2 aliphatic heterocycles. The summed E-state index contributed by atoms with van der Waals surface area (Å²) in [6, 6.07) is 5.59. The number of rotatable bonds is 7. The Morgan fingerprint density at radius 3 is 2.69 bits per heavy atom. The summed E-state index contributed by atoms with van der Waals surface area (Å²) in [6.45, 7) is 5.08. The number of carbonyl (C=O) groups excluding carboxylic acids is 2. The molecule has 1 fully saturated rings. The Labute approximate surface area is 169 Å². The van der Waals surface area contributed by atoms with E-state index in [9.17, 15) is 9.59 Å². The van der Waals surface area contributed by atoms with Crippen molar-refractivity contribution in [3.63, 3.8) is 0 Å². The number of hydrogen-bond donors (Lipinski definition) is 0. The van der Waals surface area contributed by atoms with Crippen LogP contribution >= 0.6 is 0 Å². The summed E-state index contributed by atoms with van der Waals surface area (Å²) in [5, 5.41) is 0. The minimum Gasteiger partial charge on any atom is -0.454 e. The third-order valence-corrected chi connectivity index (χ3v) is 4.87. The van der Waals surface area contributed by atoms with Crippen LogP contribution in [-0.2, 0) is 25.4 Å². The quantitative estimate of drug-likeness (QED) is 0.501. The van der Waals surface area contributed by atoms with Gasteiger partial charge in [0.15, 0.2) is 11.5 Å². The number of likely N-dealkylation sites (N-methyl/N-ethyl adjacent to an activating group) is 1. The molecule has 1 aromatic rings. The van der Waals surface area contributed by atoms with E-state index in [0.717, 1.165) is 11.3 Å². The summed E-state index contributed by atoms with van der Waals surface area (Å²) in [5.41, 5.74) is 1.02. The van der Waals surface area contributed by atoms with Crippen LogP contribution in [0.15, 0.2) is 18.2 Å². The van der Waals surface area contributed by atoms with Crippen molar-refractivity contribution < 1.29 is 38.0 Å². The molecule has 0 spiro atoms. The van der Waals surface area contributed by atoms with E-state index in [1.54, 1.807) is 4.90 Å². The fourth-order valence-electron chi connectivity index (χ4n) is 3.31. The molecule has 0 bridgehead atoms. The van der Waals surface area contributed by atoms with Gasteiger partial charge in [-0.3, -0.25) is 0 Å². The third-order valence-electron chi connectivity index (χ3n) is 4.87. The van der Waals surface area contributed by atoms with Crippen LogP contribution in [0.1, 0.15) is 32.3 Å². The van der Waals surface area contributed by atoms with Gasteiger partial charge in [-0.2, -0.15) is 0 Å². The van der Waals surface area contributed by atoms with E-state index in [0.29, 0.717) is 44.8 Å². The molecule has 1 aromatic carbocycles. The molecule has 0 aliphatic carbocycles. The first-order valence-corrected chi connectivity index (χ1v) is 9.80. The highest BCUT2D eigenvalue weighted by molar-refractivity contribution is 5.68. The van der Waals surface area contributed by atoms with E-state index < -0.39 is 19.0 Å². The summed E-state index contributed by atoms with van der Waals surface area (Å²) in [4.78, 5) is 25.6. The SMILES string of the molecule is CCN(C(=O)OCOC(=O)OC1CCOCC1)C(C)Cc1ccc2c(c1)OCO2. The summed E-state index contributed by atoms with van der Waals surface area (Å²) in [6.07, 6.45) is 0.263. The summed E-state index contributed by atoms with van der Waals surface area (Å²) in [5.74, 6) is 1.43. The molecule has 0 radical (unpaired) electrons. The lowest BCUT2D eigenvalue weighted by Gasteiger charge is -2.27. The molecule has 1 amide bonds. The molecule has 0 N–H and O–H groups in total. The Morgan fingerprint density at radius 2 is 1.93 bits per heavy atom. The lowest BCUT2D eigenvalue weighted by molar-refractivity contribution is -0.0579. The second kappa shape index (κ2) is 10.2. The molecule has 160 valence electrons. The summed E-state index contributed by atoms with van der Waals surface area (Å²) >= 11 is 0. The third kappa shape index (κ3) is 5.90. The Bertz CT molecular complexity index is 704. The molecule has 1 unspecified atom stereocenters. The van der Waals surface area contributed by atoms with Crippen molar-refractivity contribution in [2.75, 3.05) is 33.3 Å². The van der Waals surface area contributed by atoms with Crippen LogP contribution < -0.4 is 9.47 Å². The Hall–Kier alpha value is -2.68. The molecular weight excluding hydrogens is 382 g/mol. The molecule has 9 nitrogen and oxygen atoms in total. The van der Waals surface area contributed by atoms with Crippen LogP contribution in [0.3, 0.4) is 0 Å². The smallest absolute Gasteiger partial charge is 0.454 e. The van der Waals surface area contributed by atoms with Crippen molar-refractivity contribution in [3.05, 3.63) is 23.8 Å². The highest BCUT2D eigenvalue weighted by Gasteiger charge is 2.23.